The Morgan fingerprint density at radius 1 is 1.24 bits per heavy atom. The number of methoxy groups -OCH3 is 1. The third kappa shape index (κ3) is 4.24. The van der Waals surface area contributed by atoms with Gasteiger partial charge in [0, 0.05) is 26.2 Å². The van der Waals surface area contributed by atoms with Crippen molar-refractivity contribution in [2.24, 2.45) is 0 Å². The van der Waals surface area contributed by atoms with Crippen LogP contribution < -0.4 is 9.72 Å². The van der Waals surface area contributed by atoms with Gasteiger partial charge in [-0.15, -0.1) is 0 Å². The number of rotatable bonds is 8. The van der Waals surface area contributed by atoms with Crippen molar-refractivity contribution in [1.82, 2.24) is 9.97 Å². The van der Waals surface area contributed by atoms with Crippen LogP contribution in [0.3, 0.4) is 0 Å². The van der Waals surface area contributed by atoms with E-state index in [4.69, 9.17) is 9.47 Å². The van der Waals surface area contributed by atoms with Gasteiger partial charge in [-0.05, 0) is 19.1 Å². The summed E-state index contributed by atoms with van der Waals surface area (Å²) in [5, 5.41) is 0.486. The maximum absolute atomic E-state index is 12.7. The van der Waals surface area contributed by atoms with Crippen molar-refractivity contribution in [1.29, 1.82) is 0 Å². The van der Waals surface area contributed by atoms with Gasteiger partial charge in [0.2, 0.25) is 0 Å². The molecular weight excluding hydrogens is 338 g/mol. The van der Waals surface area contributed by atoms with Crippen LogP contribution in [0.25, 0.3) is 11.0 Å². The van der Waals surface area contributed by atoms with Crippen molar-refractivity contribution >= 4 is 21.8 Å². The minimum absolute atomic E-state index is 0.348. The molecule has 6 nitrogen and oxygen atoms in total. The zero-order chi connectivity index (χ0) is 17.6. The highest BCUT2D eigenvalue weighted by molar-refractivity contribution is 7.84. The lowest BCUT2D eigenvalue weighted by Gasteiger charge is -2.08. The predicted molar refractivity (Wildman–Crippen MR) is 95.9 cm³/mol. The van der Waals surface area contributed by atoms with Gasteiger partial charge in [0.1, 0.15) is 11.5 Å². The van der Waals surface area contributed by atoms with Crippen LogP contribution in [0.2, 0.25) is 0 Å². The van der Waals surface area contributed by atoms with Crippen molar-refractivity contribution in [3.63, 3.8) is 0 Å². The van der Waals surface area contributed by atoms with Gasteiger partial charge in [-0.1, -0.05) is 12.1 Å². The minimum atomic E-state index is -1.27. The second-order valence-electron chi connectivity index (χ2n) is 5.69. The van der Waals surface area contributed by atoms with Crippen molar-refractivity contribution in [3.8, 4) is 5.75 Å². The maximum atomic E-state index is 12.7. The molecule has 0 bridgehead atoms. The molecule has 0 aliphatic rings. The third-order valence-corrected chi connectivity index (χ3v) is 5.10. The van der Waals surface area contributed by atoms with Crippen molar-refractivity contribution in [2.45, 2.75) is 24.3 Å². The summed E-state index contributed by atoms with van der Waals surface area (Å²) in [5.74, 6) is 1.15. The number of nitrogens with one attached hydrogen (secondary N) is 2. The molecule has 0 spiro atoms. The molecule has 0 aliphatic heterocycles. The van der Waals surface area contributed by atoms with E-state index in [-0.39, 0.29) is 0 Å². The smallest absolute Gasteiger partial charge is 0.199 e. The molecule has 0 saturated carbocycles. The number of hydrogen-bond donors (Lipinski definition) is 1. The van der Waals surface area contributed by atoms with Crippen molar-refractivity contribution in [2.75, 3.05) is 20.3 Å². The lowest BCUT2D eigenvalue weighted by Crippen LogP contribution is -2.16. The molecule has 25 heavy (non-hydrogen) atoms. The van der Waals surface area contributed by atoms with Crippen molar-refractivity contribution in [3.05, 3.63) is 47.8 Å². The van der Waals surface area contributed by atoms with Gasteiger partial charge in [0.05, 0.1) is 34.0 Å². The van der Waals surface area contributed by atoms with E-state index in [1.165, 1.54) is 0 Å². The topological polar surface area (TPSA) is 78.3 Å². The van der Waals surface area contributed by atoms with Gasteiger partial charge < -0.3 is 14.5 Å². The van der Waals surface area contributed by atoms with E-state index in [2.05, 4.69) is 15.0 Å². The summed E-state index contributed by atoms with van der Waals surface area (Å²) in [7, 11) is 0.407. The SMILES string of the molecule is COCCCOc1cc[nH+]c(C[S@](=O)c2nc3ccccc3[nH]2)c1C. The van der Waals surface area contributed by atoms with Gasteiger partial charge in [-0.3, -0.25) is 4.21 Å². The van der Waals surface area contributed by atoms with Crippen LogP contribution in [0, 0.1) is 6.92 Å². The molecule has 1 atom stereocenters. The van der Waals surface area contributed by atoms with Gasteiger partial charge in [-0.2, -0.15) is 0 Å². The maximum Gasteiger partial charge on any atom is 0.199 e. The number of imidazole rings is 1. The second-order valence-corrected chi connectivity index (χ2v) is 7.06. The molecule has 3 rings (SSSR count). The van der Waals surface area contributed by atoms with Crippen LogP contribution >= 0.6 is 0 Å². The summed E-state index contributed by atoms with van der Waals surface area (Å²) in [6.45, 7) is 3.22. The number of benzene rings is 1. The summed E-state index contributed by atoms with van der Waals surface area (Å²) in [5.41, 5.74) is 3.55. The summed E-state index contributed by atoms with van der Waals surface area (Å²) >= 11 is 0. The summed E-state index contributed by atoms with van der Waals surface area (Å²) in [6.07, 6.45) is 2.64. The number of aromatic nitrogens is 3. The van der Waals surface area contributed by atoms with E-state index >= 15 is 0 Å². The quantitative estimate of drug-likeness (QED) is 0.626. The third-order valence-electron chi connectivity index (χ3n) is 3.92. The molecule has 1 aromatic carbocycles. The zero-order valence-electron chi connectivity index (χ0n) is 14.4. The molecule has 132 valence electrons. The fourth-order valence-corrected chi connectivity index (χ4v) is 3.65. The number of ether oxygens (including phenoxy) is 2. The molecule has 0 unspecified atom stereocenters. The molecular formula is C18H22N3O3S+. The summed E-state index contributed by atoms with van der Waals surface area (Å²) < 4.78 is 23.5. The summed E-state index contributed by atoms with van der Waals surface area (Å²) in [6, 6.07) is 9.55. The molecule has 7 heteroatoms. The Morgan fingerprint density at radius 2 is 2.08 bits per heavy atom. The second kappa shape index (κ2) is 8.22. The Labute approximate surface area is 149 Å². The zero-order valence-corrected chi connectivity index (χ0v) is 15.2. The highest BCUT2D eigenvalue weighted by atomic mass is 32.2. The van der Waals surface area contributed by atoms with Crippen LogP contribution in [0.1, 0.15) is 17.7 Å². The van der Waals surface area contributed by atoms with E-state index in [1.807, 2.05) is 43.5 Å². The average molecular weight is 360 g/mol. The molecule has 3 aromatic rings. The molecule has 2 aromatic heterocycles. The molecule has 0 radical (unpaired) electrons. The number of pyridine rings is 1. The van der Waals surface area contributed by atoms with Crippen LogP contribution in [-0.4, -0.2) is 34.5 Å². The van der Waals surface area contributed by atoms with E-state index in [0.717, 1.165) is 34.5 Å². The van der Waals surface area contributed by atoms with Crippen molar-refractivity contribution < 1.29 is 18.7 Å². The largest absolute Gasteiger partial charge is 0.493 e. The number of nitrogens with zero attached hydrogens (tertiary/aromatic N) is 1. The first-order valence-electron chi connectivity index (χ1n) is 8.14. The molecule has 2 N–H and O–H groups in total. The van der Waals surface area contributed by atoms with Gasteiger partial charge in [0.25, 0.3) is 0 Å². The van der Waals surface area contributed by atoms with Crippen LogP contribution in [-0.2, 0) is 21.3 Å². The number of fused-ring (bicyclic) bond motifs is 1. The first kappa shape index (κ1) is 17.6. The Kier molecular flexibility index (Phi) is 5.78. The highest BCUT2D eigenvalue weighted by Gasteiger charge is 2.18. The van der Waals surface area contributed by atoms with Gasteiger partial charge >= 0.3 is 0 Å². The number of para-hydroxylation sites is 2. The van der Waals surface area contributed by atoms with E-state index in [9.17, 15) is 4.21 Å². The lowest BCUT2D eigenvalue weighted by molar-refractivity contribution is -0.389. The van der Waals surface area contributed by atoms with Crippen LogP contribution in [0.15, 0.2) is 41.7 Å². The Balaban J connectivity index is 1.72. The Hall–Kier alpha value is -2.25. The van der Waals surface area contributed by atoms with E-state index in [1.54, 1.807) is 7.11 Å². The first-order chi connectivity index (χ1) is 12.2. The fraction of sp³-hybridized carbons (Fsp3) is 0.333. The summed E-state index contributed by atoms with van der Waals surface area (Å²) in [4.78, 5) is 10.7. The Bertz CT molecular complexity index is 846. The van der Waals surface area contributed by atoms with E-state index in [0.29, 0.717) is 24.1 Å². The predicted octanol–water partition coefficient (Wildman–Crippen LogP) is 2.41. The normalized spacial score (nSPS) is 12.4. The average Bonchev–Trinajstić information content (AvgIpc) is 3.06. The first-order valence-corrected chi connectivity index (χ1v) is 9.46. The number of hydrogen-bond acceptors (Lipinski definition) is 4. The highest BCUT2D eigenvalue weighted by Crippen LogP contribution is 2.21. The van der Waals surface area contributed by atoms with Crippen LogP contribution in [0.5, 0.6) is 5.75 Å². The molecule has 0 saturated heterocycles. The Morgan fingerprint density at radius 3 is 2.88 bits per heavy atom. The molecule has 0 aliphatic carbocycles. The fourth-order valence-electron chi connectivity index (χ4n) is 2.53. The molecule has 2 heterocycles. The number of aromatic amines is 2. The molecule has 0 amide bonds. The van der Waals surface area contributed by atoms with Gasteiger partial charge in [0.15, 0.2) is 17.0 Å². The standard InChI is InChI=1S/C18H21N3O3S/c1-13-16(19-9-8-17(13)24-11-5-10-23-2)12-25(22)18-20-14-6-3-4-7-15(14)21-18/h3-4,6-9H,5,10-12H2,1-2H3,(H,20,21)/p+1/t25-/m0/s1. The number of H-pyrrole nitrogens is 2. The van der Waals surface area contributed by atoms with Gasteiger partial charge in [-0.25, -0.2) is 9.97 Å². The minimum Gasteiger partial charge on any atom is -0.493 e. The monoisotopic (exact) mass is 360 g/mol. The van der Waals surface area contributed by atoms with E-state index < -0.39 is 10.8 Å². The lowest BCUT2D eigenvalue weighted by atomic mass is 10.2. The molecule has 0 fully saturated rings. The van der Waals surface area contributed by atoms with Crippen LogP contribution in [0.4, 0.5) is 0 Å².